The Morgan fingerprint density at radius 2 is 0.829 bits per heavy atom. The van der Waals surface area contributed by atoms with E-state index in [2.05, 4.69) is 19.9 Å². The zero-order valence-corrected chi connectivity index (χ0v) is 23.0. The number of ether oxygens (including phenoxy) is 4. The zero-order valence-electron chi connectivity index (χ0n) is 23.0. The molecule has 2 aromatic rings. The molecule has 0 saturated heterocycles. The van der Waals surface area contributed by atoms with E-state index < -0.39 is 22.4 Å². The molecule has 0 unspecified atom stereocenters. The second-order valence-electron chi connectivity index (χ2n) is 11.8. The summed E-state index contributed by atoms with van der Waals surface area (Å²) in [6.07, 6.45) is 2.91. The standard InChI is InChI=1S/C24H38BN4O6/c1-21(2,3)30-17-15(13-26-19(28-17)32-23(7,8)9)34-25-35-16-14-27-20(33-24(10,11)12)29-18(16)31-22(4,5)6/h13-14H,1-12H3. The summed E-state index contributed by atoms with van der Waals surface area (Å²) < 4.78 is 34.7. The van der Waals surface area contributed by atoms with Crippen molar-refractivity contribution in [3.63, 3.8) is 0 Å². The fourth-order valence-electron chi connectivity index (χ4n) is 2.34. The molecule has 0 saturated carbocycles. The lowest BCUT2D eigenvalue weighted by Gasteiger charge is -2.24. The van der Waals surface area contributed by atoms with E-state index in [-0.39, 0.29) is 35.3 Å². The molecule has 1 radical (unpaired) electrons. The summed E-state index contributed by atoms with van der Waals surface area (Å²) in [5.41, 5.74) is -2.00. The summed E-state index contributed by atoms with van der Waals surface area (Å²) in [6.45, 7) is 22.8. The van der Waals surface area contributed by atoms with Gasteiger partial charge in [0.15, 0.2) is 11.5 Å². The Hall–Kier alpha value is -2.98. The van der Waals surface area contributed by atoms with Crippen LogP contribution in [0.5, 0.6) is 35.3 Å². The van der Waals surface area contributed by atoms with Crippen molar-refractivity contribution >= 4 is 7.69 Å². The van der Waals surface area contributed by atoms with E-state index in [1.54, 1.807) is 0 Å². The summed E-state index contributed by atoms with van der Waals surface area (Å²) in [5.74, 6) is 0.909. The Kier molecular flexibility index (Phi) is 8.34. The molecule has 0 bridgehead atoms. The van der Waals surface area contributed by atoms with Crippen LogP contribution in [0.15, 0.2) is 12.4 Å². The topological polar surface area (TPSA) is 107 Å². The third-order valence-electron chi connectivity index (χ3n) is 3.35. The van der Waals surface area contributed by atoms with Crippen molar-refractivity contribution in [1.29, 1.82) is 0 Å². The number of aromatic nitrogens is 4. The number of hydrogen-bond donors (Lipinski definition) is 0. The lowest BCUT2D eigenvalue weighted by Crippen LogP contribution is -2.27. The molecule has 0 atom stereocenters. The molecule has 0 aliphatic heterocycles. The first-order valence-corrected chi connectivity index (χ1v) is 11.4. The largest absolute Gasteiger partial charge is 0.658 e. The van der Waals surface area contributed by atoms with E-state index >= 15 is 0 Å². The van der Waals surface area contributed by atoms with Crippen molar-refractivity contribution in [2.75, 3.05) is 0 Å². The first-order chi connectivity index (χ1) is 15.8. The van der Waals surface area contributed by atoms with E-state index in [4.69, 9.17) is 28.3 Å². The van der Waals surface area contributed by atoms with E-state index in [1.165, 1.54) is 12.4 Å². The highest BCUT2D eigenvalue weighted by Crippen LogP contribution is 2.32. The van der Waals surface area contributed by atoms with Gasteiger partial charge < -0.3 is 28.3 Å². The summed E-state index contributed by atoms with van der Waals surface area (Å²) in [7, 11) is 1.11. The number of rotatable bonds is 8. The molecule has 35 heavy (non-hydrogen) atoms. The Balaban J connectivity index is 2.23. The fourth-order valence-corrected chi connectivity index (χ4v) is 2.34. The molecule has 0 amide bonds. The normalized spacial score (nSPS) is 12.6. The van der Waals surface area contributed by atoms with Gasteiger partial charge in [0.05, 0.1) is 12.4 Å². The molecule has 10 nitrogen and oxygen atoms in total. The molecule has 193 valence electrons. The van der Waals surface area contributed by atoms with Crippen LogP contribution in [-0.4, -0.2) is 50.0 Å². The van der Waals surface area contributed by atoms with Crippen LogP contribution >= 0.6 is 0 Å². The Bertz CT molecular complexity index is 912. The van der Waals surface area contributed by atoms with Gasteiger partial charge in [0.1, 0.15) is 22.4 Å². The van der Waals surface area contributed by atoms with Crippen molar-refractivity contribution in [3.8, 4) is 35.3 Å². The molecule has 0 N–H and O–H groups in total. The highest BCUT2D eigenvalue weighted by Gasteiger charge is 2.24. The first kappa shape index (κ1) is 28.3. The summed E-state index contributed by atoms with van der Waals surface area (Å²) in [4.78, 5) is 17.1. The van der Waals surface area contributed by atoms with Gasteiger partial charge in [-0.15, -0.1) is 0 Å². The Morgan fingerprint density at radius 1 is 0.514 bits per heavy atom. The van der Waals surface area contributed by atoms with Gasteiger partial charge >= 0.3 is 19.7 Å². The maximum atomic E-state index is 5.94. The van der Waals surface area contributed by atoms with Crippen molar-refractivity contribution in [2.24, 2.45) is 0 Å². The Labute approximate surface area is 209 Å². The molecular weight excluding hydrogens is 451 g/mol. The van der Waals surface area contributed by atoms with Gasteiger partial charge in [-0.25, -0.2) is 0 Å². The first-order valence-electron chi connectivity index (χ1n) is 11.4. The maximum absolute atomic E-state index is 5.94. The lowest BCUT2D eigenvalue weighted by molar-refractivity contribution is 0.101. The van der Waals surface area contributed by atoms with E-state index in [9.17, 15) is 0 Å². The van der Waals surface area contributed by atoms with Crippen LogP contribution in [0.1, 0.15) is 83.1 Å². The van der Waals surface area contributed by atoms with Gasteiger partial charge in [0.2, 0.25) is 0 Å². The minimum atomic E-state index is -0.531. The third-order valence-corrected chi connectivity index (χ3v) is 3.35. The summed E-state index contributed by atoms with van der Waals surface area (Å²) >= 11 is 0. The zero-order chi connectivity index (χ0) is 26.7. The lowest BCUT2D eigenvalue weighted by atomic mass is 10.2. The third kappa shape index (κ3) is 10.9. The molecule has 0 fully saturated rings. The van der Waals surface area contributed by atoms with Crippen LogP contribution in [0.3, 0.4) is 0 Å². The minimum absolute atomic E-state index is 0.175. The van der Waals surface area contributed by atoms with Crippen LogP contribution < -0.4 is 28.3 Å². The van der Waals surface area contributed by atoms with Crippen LogP contribution in [0.25, 0.3) is 0 Å². The van der Waals surface area contributed by atoms with Gasteiger partial charge in [0.25, 0.3) is 11.8 Å². The summed E-state index contributed by atoms with van der Waals surface area (Å²) in [5, 5.41) is 0. The second-order valence-corrected chi connectivity index (χ2v) is 11.8. The molecule has 0 aromatic carbocycles. The maximum Gasteiger partial charge on any atom is 0.658 e. The average Bonchev–Trinajstić information content (AvgIpc) is 2.60. The smallest absolute Gasteiger partial charge is 0.521 e. The van der Waals surface area contributed by atoms with Crippen LogP contribution in [0, 0.1) is 0 Å². The monoisotopic (exact) mass is 489 g/mol. The highest BCUT2D eigenvalue weighted by molar-refractivity contribution is 6.20. The number of hydrogen-bond acceptors (Lipinski definition) is 10. The molecule has 2 aromatic heterocycles. The van der Waals surface area contributed by atoms with Gasteiger partial charge in [-0.2, -0.15) is 19.9 Å². The van der Waals surface area contributed by atoms with Crippen molar-refractivity contribution < 1.29 is 28.3 Å². The van der Waals surface area contributed by atoms with E-state index in [0.29, 0.717) is 0 Å². The van der Waals surface area contributed by atoms with Crippen LogP contribution in [0.4, 0.5) is 0 Å². The van der Waals surface area contributed by atoms with E-state index in [0.717, 1.165) is 7.69 Å². The van der Waals surface area contributed by atoms with Crippen molar-refractivity contribution in [1.82, 2.24) is 19.9 Å². The molecular formula is C24H38BN4O6. The van der Waals surface area contributed by atoms with Crippen LogP contribution in [-0.2, 0) is 0 Å². The molecule has 11 heteroatoms. The van der Waals surface area contributed by atoms with Gasteiger partial charge in [-0.05, 0) is 83.1 Å². The van der Waals surface area contributed by atoms with Crippen LogP contribution in [0.2, 0.25) is 0 Å². The van der Waals surface area contributed by atoms with Crippen molar-refractivity contribution in [3.05, 3.63) is 12.4 Å². The molecule has 0 spiro atoms. The molecule has 2 rings (SSSR count). The minimum Gasteiger partial charge on any atom is -0.521 e. The van der Waals surface area contributed by atoms with Gasteiger partial charge in [-0.3, -0.25) is 0 Å². The van der Waals surface area contributed by atoms with Crippen molar-refractivity contribution in [2.45, 2.75) is 105 Å². The second kappa shape index (κ2) is 10.3. The predicted octanol–water partition coefficient (Wildman–Crippen LogP) is 4.97. The number of nitrogens with zero attached hydrogens (tertiary/aromatic N) is 4. The van der Waals surface area contributed by atoms with E-state index in [1.807, 2.05) is 83.1 Å². The quantitative estimate of drug-likeness (QED) is 0.472. The highest BCUT2D eigenvalue weighted by atomic mass is 16.6. The summed E-state index contributed by atoms with van der Waals surface area (Å²) in [6, 6.07) is 0.349. The van der Waals surface area contributed by atoms with Gasteiger partial charge in [-0.1, -0.05) is 0 Å². The molecule has 0 aliphatic rings. The predicted molar refractivity (Wildman–Crippen MR) is 133 cm³/mol. The molecule has 0 aliphatic carbocycles. The Morgan fingerprint density at radius 3 is 1.11 bits per heavy atom. The average molecular weight is 489 g/mol. The van der Waals surface area contributed by atoms with Gasteiger partial charge in [0, 0.05) is 0 Å². The SMILES string of the molecule is CC(C)(C)Oc1ncc(O[B]Oc2cnc(OC(C)(C)C)nc2OC(C)(C)C)c(OC(C)(C)C)n1. The molecule has 2 heterocycles. The fraction of sp³-hybridized carbons (Fsp3) is 0.667.